The molecular formula is C18H19N3OS. The van der Waals surface area contributed by atoms with Crippen LogP contribution in [0.25, 0.3) is 11.0 Å². The van der Waals surface area contributed by atoms with Gasteiger partial charge in [0.1, 0.15) is 0 Å². The summed E-state index contributed by atoms with van der Waals surface area (Å²) in [6, 6.07) is 15.9. The summed E-state index contributed by atoms with van der Waals surface area (Å²) in [6.07, 6.45) is 0. The molecule has 1 amide bonds. The molecule has 0 aliphatic rings. The molecule has 3 aromatic rings. The molecule has 5 heteroatoms. The van der Waals surface area contributed by atoms with Gasteiger partial charge in [0.15, 0.2) is 5.16 Å². The average molecular weight is 325 g/mol. The number of amides is 1. The zero-order valence-corrected chi connectivity index (χ0v) is 14.3. The molecule has 0 aliphatic heterocycles. The van der Waals surface area contributed by atoms with Crippen LogP contribution in [0.3, 0.4) is 0 Å². The van der Waals surface area contributed by atoms with E-state index in [1.165, 1.54) is 0 Å². The number of para-hydroxylation sites is 2. The first-order chi connectivity index (χ1) is 11.1. The lowest BCUT2D eigenvalue weighted by molar-refractivity contribution is 0.0827. The Morgan fingerprint density at radius 2 is 1.96 bits per heavy atom. The standard InChI is InChI=1S/C18H19N3OS/c1-20(2)17(22)14-8-6-7-13(11-14)12-23-18-19-15-9-4-5-10-16(15)21(18)3/h4-11H,12H2,1-3H3. The minimum Gasteiger partial charge on any atom is -0.345 e. The van der Waals surface area contributed by atoms with E-state index in [0.29, 0.717) is 0 Å². The van der Waals surface area contributed by atoms with Crippen molar-refractivity contribution in [2.75, 3.05) is 14.1 Å². The van der Waals surface area contributed by atoms with Gasteiger partial charge in [-0.2, -0.15) is 0 Å². The summed E-state index contributed by atoms with van der Waals surface area (Å²) in [5.74, 6) is 0.811. The van der Waals surface area contributed by atoms with Crippen LogP contribution in [0.15, 0.2) is 53.7 Å². The van der Waals surface area contributed by atoms with E-state index < -0.39 is 0 Å². The van der Waals surface area contributed by atoms with Crippen LogP contribution in [-0.4, -0.2) is 34.5 Å². The number of carbonyl (C=O) groups is 1. The van der Waals surface area contributed by atoms with Crippen molar-refractivity contribution < 1.29 is 4.79 Å². The molecular weight excluding hydrogens is 306 g/mol. The molecule has 23 heavy (non-hydrogen) atoms. The number of thioether (sulfide) groups is 1. The molecule has 0 saturated carbocycles. The topological polar surface area (TPSA) is 38.1 Å². The number of carbonyl (C=O) groups excluding carboxylic acids is 1. The molecule has 0 fully saturated rings. The first kappa shape index (κ1) is 15.6. The van der Waals surface area contributed by atoms with Gasteiger partial charge in [0.25, 0.3) is 5.91 Å². The summed E-state index contributed by atoms with van der Waals surface area (Å²) >= 11 is 1.68. The van der Waals surface area contributed by atoms with Gasteiger partial charge in [-0.25, -0.2) is 4.98 Å². The van der Waals surface area contributed by atoms with Gasteiger partial charge in [-0.3, -0.25) is 4.79 Å². The predicted octanol–water partition coefficient (Wildman–Crippen LogP) is 3.57. The SMILES string of the molecule is CN(C)C(=O)c1cccc(CSc2nc3ccccc3n2C)c1. The van der Waals surface area contributed by atoms with E-state index in [2.05, 4.69) is 15.6 Å². The van der Waals surface area contributed by atoms with Crippen LogP contribution in [0, 0.1) is 0 Å². The maximum atomic E-state index is 12.0. The lowest BCUT2D eigenvalue weighted by atomic mass is 10.1. The van der Waals surface area contributed by atoms with E-state index in [4.69, 9.17) is 0 Å². The third kappa shape index (κ3) is 3.24. The van der Waals surface area contributed by atoms with Gasteiger partial charge in [-0.1, -0.05) is 36.0 Å². The molecule has 0 atom stereocenters. The Balaban J connectivity index is 1.78. The van der Waals surface area contributed by atoms with Crippen molar-refractivity contribution in [2.24, 2.45) is 7.05 Å². The van der Waals surface area contributed by atoms with Crippen LogP contribution in [0.2, 0.25) is 0 Å². The molecule has 2 aromatic carbocycles. The minimum atomic E-state index is 0.0274. The minimum absolute atomic E-state index is 0.0274. The highest BCUT2D eigenvalue weighted by atomic mass is 32.2. The highest BCUT2D eigenvalue weighted by molar-refractivity contribution is 7.98. The van der Waals surface area contributed by atoms with Crippen molar-refractivity contribution in [3.05, 3.63) is 59.7 Å². The number of hydrogen-bond donors (Lipinski definition) is 0. The fourth-order valence-electron chi connectivity index (χ4n) is 2.45. The van der Waals surface area contributed by atoms with E-state index in [9.17, 15) is 4.79 Å². The number of imidazole rings is 1. The van der Waals surface area contributed by atoms with Gasteiger partial charge in [-0.05, 0) is 29.8 Å². The molecule has 0 bridgehead atoms. The number of benzene rings is 2. The molecule has 0 radical (unpaired) electrons. The summed E-state index contributed by atoms with van der Waals surface area (Å²) in [4.78, 5) is 18.3. The summed E-state index contributed by atoms with van der Waals surface area (Å²) < 4.78 is 2.11. The Labute approximate surface area is 140 Å². The van der Waals surface area contributed by atoms with E-state index in [1.807, 2.05) is 49.5 Å². The molecule has 0 spiro atoms. The van der Waals surface area contributed by atoms with Crippen molar-refractivity contribution in [1.82, 2.24) is 14.5 Å². The van der Waals surface area contributed by atoms with Gasteiger partial charge >= 0.3 is 0 Å². The normalized spacial score (nSPS) is 10.9. The van der Waals surface area contributed by atoms with E-state index >= 15 is 0 Å². The maximum absolute atomic E-state index is 12.0. The molecule has 0 aliphatic carbocycles. The molecule has 3 rings (SSSR count). The quantitative estimate of drug-likeness (QED) is 0.688. The van der Waals surface area contributed by atoms with Crippen molar-refractivity contribution in [3.63, 3.8) is 0 Å². The van der Waals surface area contributed by atoms with Crippen LogP contribution in [0.5, 0.6) is 0 Å². The van der Waals surface area contributed by atoms with Crippen LogP contribution >= 0.6 is 11.8 Å². The van der Waals surface area contributed by atoms with Gasteiger partial charge in [0.05, 0.1) is 11.0 Å². The molecule has 118 valence electrons. The third-order valence-corrected chi connectivity index (χ3v) is 4.80. The molecule has 0 N–H and O–H groups in total. The van der Waals surface area contributed by atoms with E-state index in [1.54, 1.807) is 30.8 Å². The second-order valence-corrected chi connectivity index (χ2v) is 6.57. The van der Waals surface area contributed by atoms with Crippen LogP contribution in [0.1, 0.15) is 15.9 Å². The van der Waals surface area contributed by atoms with Crippen molar-refractivity contribution >= 4 is 28.7 Å². The third-order valence-electron chi connectivity index (χ3n) is 3.69. The van der Waals surface area contributed by atoms with Crippen molar-refractivity contribution in [2.45, 2.75) is 10.9 Å². The lowest BCUT2D eigenvalue weighted by Gasteiger charge is -2.11. The predicted molar refractivity (Wildman–Crippen MR) is 94.7 cm³/mol. The van der Waals surface area contributed by atoms with E-state index in [0.717, 1.165) is 33.1 Å². The van der Waals surface area contributed by atoms with Crippen molar-refractivity contribution in [3.8, 4) is 0 Å². The molecule has 1 aromatic heterocycles. The number of nitrogens with zero attached hydrogens (tertiary/aromatic N) is 3. The van der Waals surface area contributed by atoms with E-state index in [-0.39, 0.29) is 5.91 Å². The fourth-order valence-corrected chi connectivity index (χ4v) is 3.38. The Morgan fingerprint density at radius 1 is 1.17 bits per heavy atom. The summed E-state index contributed by atoms with van der Waals surface area (Å²) in [5.41, 5.74) is 3.98. The first-order valence-corrected chi connectivity index (χ1v) is 8.39. The Bertz CT molecular complexity index is 854. The first-order valence-electron chi connectivity index (χ1n) is 7.41. The second kappa shape index (κ2) is 6.46. The highest BCUT2D eigenvalue weighted by Gasteiger charge is 2.10. The smallest absolute Gasteiger partial charge is 0.253 e. The monoisotopic (exact) mass is 325 g/mol. The number of rotatable bonds is 4. The molecule has 1 heterocycles. The average Bonchev–Trinajstić information content (AvgIpc) is 2.89. The van der Waals surface area contributed by atoms with Crippen LogP contribution in [0.4, 0.5) is 0 Å². The van der Waals surface area contributed by atoms with Crippen molar-refractivity contribution in [1.29, 1.82) is 0 Å². The zero-order valence-electron chi connectivity index (χ0n) is 13.5. The summed E-state index contributed by atoms with van der Waals surface area (Å²) in [5, 5.41) is 0.982. The largest absolute Gasteiger partial charge is 0.345 e. The number of aromatic nitrogens is 2. The zero-order chi connectivity index (χ0) is 16.4. The van der Waals surface area contributed by atoms with Gasteiger partial charge < -0.3 is 9.47 Å². The van der Waals surface area contributed by atoms with Crippen LogP contribution < -0.4 is 0 Å². The maximum Gasteiger partial charge on any atom is 0.253 e. The van der Waals surface area contributed by atoms with Gasteiger partial charge in [0, 0.05) is 32.5 Å². The molecule has 4 nitrogen and oxygen atoms in total. The number of fused-ring (bicyclic) bond motifs is 1. The van der Waals surface area contributed by atoms with Gasteiger partial charge in [0.2, 0.25) is 0 Å². The summed E-state index contributed by atoms with van der Waals surface area (Å²) in [6.45, 7) is 0. The van der Waals surface area contributed by atoms with Gasteiger partial charge in [-0.15, -0.1) is 0 Å². The van der Waals surface area contributed by atoms with Crippen LogP contribution in [-0.2, 0) is 12.8 Å². The fraction of sp³-hybridized carbons (Fsp3) is 0.222. The number of aryl methyl sites for hydroxylation is 1. The Hall–Kier alpha value is -2.27. The summed E-state index contributed by atoms with van der Waals surface area (Å²) in [7, 11) is 5.57. The molecule has 0 unspecified atom stereocenters. The lowest BCUT2D eigenvalue weighted by Crippen LogP contribution is -2.21. The highest BCUT2D eigenvalue weighted by Crippen LogP contribution is 2.26. The second-order valence-electron chi connectivity index (χ2n) is 5.63. The number of hydrogen-bond acceptors (Lipinski definition) is 3. The Kier molecular flexibility index (Phi) is 4.39. The molecule has 0 saturated heterocycles. The Morgan fingerprint density at radius 3 is 2.70 bits per heavy atom.